The summed E-state index contributed by atoms with van der Waals surface area (Å²) < 4.78 is 46.5. The number of nitrogens with one attached hydrogen (secondary N) is 3. The van der Waals surface area contributed by atoms with E-state index in [4.69, 9.17) is 4.74 Å². The van der Waals surface area contributed by atoms with Gasteiger partial charge in [-0.1, -0.05) is 18.9 Å². The molecule has 2 atom stereocenters. The van der Waals surface area contributed by atoms with Crippen LogP contribution in [0.1, 0.15) is 49.4 Å². The summed E-state index contributed by atoms with van der Waals surface area (Å²) >= 11 is 0. The van der Waals surface area contributed by atoms with Gasteiger partial charge in [-0.15, -0.1) is 0 Å². The minimum Gasteiger partial charge on any atom is -0.495 e. The highest BCUT2D eigenvalue weighted by Gasteiger charge is 2.37. The molecule has 0 unspecified atom stereocenters. The van der Waals surface area contributed by atoms with E-state index in [2.05, 4.69) is 25.9 Å². The Morgan fingerprint density at radius 2 is 2.00 bits per heavy atom. The van der Waals surface area contributed by atoms with Gasteiger partial charge in [0.2, 0.25) is 11.9 Å². The molecule has 0 radical (unpaired) electrons. The standard InChI is InChI=1S/C23H30F3N5O2/c1-14(32)29-18-7-5-4-6-16(18)11-20-17(23(24,25)26)13-28-22(31-20)30-19-9-8-15(12-27-2)10-21(19)33-3/h8-10,13,16,18,27H,4-7,11-12H2,1-3H3,(H,29,32)(H,28,30,31)/t16-,18+/m0/s1. The number of rotatable bonds is 8. The average molecular weight is 466 g/mol. The van der Waals surface area contributed by atoms with Gasteiger partial charge in [-0.25, -0.2) is 9.97 Å². The monoisotopic (exact) mass is 465 g/mol. The van der Waals surface area contributed by atoms with Crippen LogP contribution in [0.15, 0.2) is 24.4 Å². The van der Waals surface area contributed by atoms with Crippen molar-refractivity contribution in [2.24, 2.45) is 5.92 Å². The number of alkyl halides is 3. The molecule has 1 aliphatic carbocycles. The van der Waals surface area contributed by atoms with Crippen LogP contribution in [0, 0.1) is 5.92 Å². The molecule has 180 valence electrons. The Morgan fingerprint density at radius 3 is 2.67 bits per heavy atom. The molecule has 1 amide bonds. The highest BCUT2D eigenvalue weighted by atomic mass is 19.4. The number of hydrogen-bond acceptors (Lipinski definition) is 6. The van der Waals surface area contributed by atoms with Gasteiger partial charge in [0.05, 0.1) is 24.1 Å². The highest BCUT2D eigenvalue weighted by molar-refractivity contribution is 5.73. The fourth-order valence-electron chi connectivity index (χ4n) is 4.29. The molecule has 33 heavy (non-hydrogen) atoms. The number of nitrogens with zero attached hydrogens (tertiary/aromatic N) is 2. The lowest BCUT2D eigenvalue weighted by Gasteiger charge is -2.32. The predicted molar refractivity (Wildman–Crippen MR) is 119 cm³/mol. The van der Waals surface area contributed by atoms with Crippen molar-refractivity contribution in [1.29, 1.82) is 0 Å². The minimum atomic E-state index is -4.57. The van der Waals surface area contributed by atoms with Crippen LogP contribution >= 0.6 is 0 Å². The summed E-state index contributed by atoms with van der Waals surface area (Å²) in [5.74, 6) is 0.291. The van der Waals surface area contributed by atoms with Crippen molar-refractivity contribution < 1.29 is 22.7 Å². The molecule has 1 aliphatic rings. The molecule has 3 rings (SSSR count). The lowest BCUT2D eigenvalue weighted by molar-refractivity contribution is -0.139. The van der Waals surface area contributed by atoms with E-state index in [-0.39, 0.29) is 35.9 Å². The molecule has 3 N–H and O–H groups in total. The number of benzene rings is 1. The summed E-state index contributed by atoms with van der Waals surface area (Å²) in [5.41, 5.74) is 0.622. The van der Waals surface area contributed by atoms with E-state index in [1.165, 1.54) is 14.0 Å². The summed E-state index contributed by atoms with van der Waals surface area (Å²) in [6.45, 7) is 2.07. The van der Waals surface area contributed by atoms with Crippen LogP contribution in [-0.4, -0.2) is 36.1 Å². The molecular formula is C23H30F3N5O2. The number of anilines is 2. The first-order valence-corrected chi connectivity index (χ1v) is 11.0. The number of carbonyl (C=O) groups excluding carboxylic acids is 1. The summed E-state index contributed by atoms with van der Waals surface area (Å²) in [6, 6.07) is 5.33. The average Bonchev–Trinajstić information content (AvgIpc) is 2.75. The molecule has 10 heteroatoms. The fraction of sp³-hybridized carbons (Fsp3) is 0.522. The Labute approximate surface area is 191 Å². The lowest BCUT2D eigenvalue weighted by Crippen LogP contribution is -2.42. The molecule has 1 fully saturated rings. The Kier molecular flexibility index (Phi) is 8.12. The predicted octanol–water partition coefficient (Wildman–Crippen LogP) is 4.20. The molecule has 1 heterocycles. The van der Waals surface area contributed by atoms with Crippen molar-refractivity contribution in [3.05, 3.63) is 41.2 Å². The van der Waals surface area contributed by atoms with E-state index in [9.17, 15) is 18.0 Å². The summed E-state index contributed by atoms with van der Waals surface area (Å²) in [4.78, 5) is 19.7. The maximum atomic E-state index is 13.7. The maximum absolute atomic E-state index is 13.7. The second-order valence-electron chi connectivity index (χ2n) is 8.30. The van der Waals surface area contributed by atoms with Crippen LogP contribution in [0.4, 0.5) is 24.8 Å². The zero-order valence-electron chi connectivity index (χ0n) is 19.1. The van der Waals surface area contributed by atoms with E-state index in [1.54, 1.807) is 6.07 Å². The zero-order valence-corrected chi connectivity index (χ0v) is 19.1. The van der Waals surface area contributed by atoms with Gasteiger partial charge >= 0.3 is 6.18 Å². The third-order valence-electron chi connectivity index (χ3n) is 5.82. The number of carbonyl (C=O) groups is 1. The maximum Gasteiger partial charge on any atom is 0.419 e. The van der Waals surface area contributed by atoms with Crippen molar-refractivity contribution in [2.45, 2.75) is 57.8 Å². The van der Waals surface area contributed by atoms with Crippen LogP contribution in [0.3, 0.4) is 0 Å². The van der Waals surface area contributed by atoms with Crippen molar-refractivity contribution in [2.75, 3.05) is 19.5 Å². The Bertz CT molecular complexity index is 968. The molecule has 1 saturated carbocycles. The zero-order chi connectivity index (χ0) is 24.0. The van der Waals surface area contributed by atoms with Crippen LogP contribution in [0.5, 0.6) is 5.75 Å². The number of ether oxygens (including phenoxy) is 1. The van der Waals surface area contributed by atoms with Gasteiger partial charge in [-0.05, 0) is 49.9 Å². The van der Waals surface area contributed by atoms with E-state index >= 15 is 0 Å². The van der Waals surface area contributed by atoms with Crippen molar-refractivity contribution in [3.8, 4) is 5.75 Å². The quantitative estimate of drug-likeness (QED) is 0.542. The number of hydrogen-bond donors (Lipinski definition) is 3. The second kappa shape index (κ2) is 10.8. The Morgan fingerprint density at radius 1 is 1.24 bits per heavy atom. The molecule has 1 aromatic heterocycles. The number of amides is 1. The molecule has 0 saturated heterocycles. The fourth-order valence-corrected chi connectivity index (χ4v) is 4.29. The third kappa shape index (κ3) is 6.56. The molecular weight excluding hydrogens is 435 g/mol. The van der Waals surface area contributed by atoms with Gasteiger partial charge in [0.25, 0.3) is 0 Å². The SMILES string of the molecule is CNCc1ccc(Nc2ncc(C(F)(F)F)c(C[C@@H]3CCCC[C@H]3NC(C)=O)n2)c(OC)c1. The number of methoxy groups -OCH3 is 1. The smallest absolute Gasteiger partial charge is 0.419 e. The number of aromatic nitrogens is 2. The van der Waals surface area contributed by atoms with Gasteiger partial charge in [0, 0.05) is 25.7 Å². The van der Waals surface area contributed by atoms with Gasteiger partial charge in [-0.3, -0.25) is 4.79 Å². The van der Waals surface area contributed by atoms with Crippen LogP contribution in [-0.2, 0) is 23.9 Å². The normalized spacial score (nSPS) is 18.6. The molecule has 0 aliphatic heterocycles. The molecule has 1 aromatic carbocycles. The summed E-state index contributed by atoms with van der Waals surface area (Å²) in [5, 5.41) is 8.94. The topological polar surface area (TPSA) is 88.2 Å². The first-order chi connectivity index (χ1) is 15.7. The van der Waals surface area contributed by atoms with Crippen molar-refractivity contribution in [1.82, 2.24) is 20.6 Å². The van der Waals surface area contributed by atoms with Gasteiger partial charge in [-0.2, -0.15) is 13.2 Å². The molecule has 7 nitrogen and oxygen atoms in total. The largest absolute Gasteiger partial charge is 0.495 e. The van der Waals surface area contributed by atoms with Crippen LogP contribution in [0.25, 0.3) is 0 Å². The van der Waals surface area contributed by atoms with E-state index in [1.807, 2.05) is 19.2 Å². The van der Waals surface area contributed by atoms with E-state index in [0.29, 0.717) is 18.0 Å². The van der Waals surface area contributed by atoms with Gasteiger partial charge < -0.3 is 20.7 Å². The highest BCUT2D eigenvalue weighted by Crippen LogP contribution is 2.35. The van der Waals surface area contributed by atoms with E-state index in [0.717, 1.165) is 37.4 Å². The second-order valence-corrected chi connectivity index (χ2v) is 8.30. The van der Waals surface area contributed by atoms with Gasteiger partial charge in [0.15, 0.2) is 0 Å². The van der Waals surface area contributed by atoms with Crippen LogP contribution < -0.4 is 20.7 Å². The molecule has 2 aromatic rings. The lowest BCUT2D eigenvalue weighted by atomic mass is 9.81. The van der Waals surface area contributed by atoms with Gasteiger partial charge in [0.1, 0.15) is 5.75 Å². The third-order valence-corrected chi connectivity index (χ3v) is 5.82. The molecule has 0 bridgehead atoms. The first-order valence-electron chi connectivity index (χ1n) is 11.0. The minimum absolute atomic E-state index is 0.0598. The van der Waals surface area contributed by atoms with Crippen molar-refractivity contribution >= 4 is 17.5 Å². The summed E-state index contributed by atoms with van der Waals surface area (Å²) in [7, 11) is 3.35. The number of halogens is 3. The Balaban J connectivity index is 1.90. The first kappa shape index (κ1) is 24.8. The van der Waals surface area contributed by atoms with E-state index < -0.39 is 11.7 Å². The molecule has 0 spiro atoms. The Hall–Kier alpha value is -2.88. The van der Waals surface area contributed by atoms with Crippen molar-refractivity contribution in [3.63, 3.8) is 0 Å². The summed E-state index contributed by atoms with van der Waals surface area (Å²) in [6.07, 6.45) is -0.313. The van der Waals surface area contributed by atoms with Crippen LogP contribution in [0.2, 0.25) is 0 Å².